The Kier molecular flexibility index (Phi) is 2.08. The van der Waals surface area contributed by atoms with Gasteiger partial charge in [0.1, 0.15) is 5.57 Å². The lowest BCUT2D eigenvalue weighted by molar-refractivity contribution is -0.135. The van der Waals surface area contributed by atoms with Crippen LogP contribution in [0.25, 0.3) is 0 Å². The third-order valence-electron chi connectivity index (χ3n) is 2.52. The Balaban J connectivity index is 2.07. The number of carboxylic acid groups (broad SMARTS) is 1. The molecule has 2 rings (SSSR count). The number of carbonyl (C=O) groups is 1. The van der Waals surface area contributed by atoms with Crippen molar-refractivity contribution in [3.05, 3.63) is 23.5 Å². The molecule has 1 atom stereocenters. The second-order valence-corrected chi connectivity index (χ2v) is 3.42. The molecule has 1 aliphatic heterocycles. The predicted molar refractivity (Wildman–Crippen MR) is 47.1 cm³/mol. The van der Waals surface area contributed by atoms with Crippen LogP contribution in [0.5, 0.6) is 0 Å². The summed E-state index contributed by atoms with van der Waals surface area (Å²) in [5, 5.41) is 8.76. The summed E-state index contributed by atoms with van der Waals surface area (Å²) in [6, 6.07) is 0. The van der Waals surface area contributed by atoms with Crippen LogP contribution in [-0.2, 0) is 9.53 Å². The number of carboxylic acids is 1. The highest BCUT2D eigenvalue weighted by molar-refractivity contribution is 5.89. The topological polar surface area (TPSA) is 46.5 Å². The zero-order chi connectivity index (χ0) is 9.26. The second-order valence-electron chi connectivity index (χ2n) is 3.42. The number of hydrogen-bond acceptors (Lipinski definition) is 2. The van der Waals surface area contributed by atoms with E-state index in [1.165, 1.54) is 12.7 Å². The smallest absolute Gasteiger partial charge is 0.338 e. The Labute approximate surface area is 76.7 Å². The lowest BCUT2D eigenvalue weighted by atomic mass is 9.90. The molecule has 0 saturated carbocycles. The van der Waals surface area contributed by atoms with Crippen LogP contribution in [-0.4, -0.2) is 17.2 Å². The van der Waals surface area contributed by atoms with Gasteiger partial charge in [0, 0.05) is 0 Å². The quantitative estimate of drug-likeness (QED) is 0.660. The lowest BCUT2D eigenvalue weighted by Gasteiger charge is -2.29. The van der Waals surface area contributed by atoms with Crippen molar-refractivity contribution in [1.29, 1.82) is 0 Å². The minimum absolute atomic E-state index is 0.252. The normalized spacial score (nSPS) is 26.6. The summed E-state index contributed by atoms with van der Waals surface area (Å²) in [4.78, 5) is 10.7. The lowest BCUT2D eigenvalue weighted by Crippen LogP contribution is -2.30. The standard InChI is InChI=1S/C10H12O3/c11-10(12)8-6-13-9(8)7-4-2-1-3-5-7/h4,6,9H,1-3,5H2,(H,11,12). The third kappa shape index (κ3) is 1.46. The fraction of sp³-hybridized carbons (Fsp3) is 0.500. The van der Waals surface area contributed by atoms with Crippen molar-refractivity contribution in [3.8, 4) is 0 Å². The van der Waals surface area contributed by atoms with Gasteiger partial charge in [-0.3, -0.25) is 0 Å². The van der Waals surface area contributed by atoms with Crippen LogP contribution in [0.15, 0.2) is 23.5 Å². The number of hydrogen-bond donors (Lipinski definition) is 1. The van der Waals surface area contributed by atoms with E-state index in [-0.39, 0.29) is 6.10 Å². The molecular formula is C10H12O3. The van der Waals surface area contributed by atoms with Crippen molar-refractivity contribution in [2.45, 2.75) is 31.8 Å². The van der Waals surface area contributed by atoms with Gasteiger partial charge in [-0.2, -0.15) is 0 Å². The van der Waals surface area contributed by atoms with Crippen LogP contribution in [0.3, 0.4) is 0 Å². The predicted octanol–water partition coefficient (Wildman–Crippen LogP) is 1.85. The maximum absolute atomic E-state index is 10.7. The average Bonchev–Trinajstić information content (AvgIpc) is 2.02. The summed E-state index contributed by atoms with van der Waals surface area (Å²) in [6.45, 7) is 0. The highest BCUT2D eigenvalue weighted by Gasteiger charge is 2.32. The van der Waals surface area contributed by atoms with Gasteiger partial charge in [0.15, 0.2) is 6.10 Å². The van der Waals surface area contributed by atoms with Crippen molar-refractivity contribution in [2.75, 3.05) is 0 Å². The SMILES string of the molecule is O=C(O)C1=COC1C1=CCCCC1. The second kappa shape index (κ2) is 3.24. The fourth-order valence-corrected chi connectivity index (χ4v) is 1.75. The van der Waals surface area contributed by atoms with Crippen LogP contribution in [0.1, 0.15) is 25.7 Å². The van der Waals surface area contributed by atoms with Crippen LogP contribution >= 0.6 is 0 Å². The Hall–Kier alpha value is -1.25. The third-order valence-corrected chi connectivity index (χ3v) is 2.52. The number of ether oxygens (including phenoxy) is 1. The van der Waals surface area contributed by atoms with E-state index in [1.54, 1.807) is 0 Å². The molecule has 1 heterocycles. The number of rotatable bonds is 2. The van der Waals surface area contributed by atoms with Gasteiger partial charge in [0.05, 0.1) is 6.26 Å². The van der Waals surface area contributed by atoms with Gasteiger partial charge in [-0.1, -0.05) is 6.08 Å². The van der Waals surface area contributed by atoms with Gasteiger partial charge in [-0.25, -0.2) is 4.79 Å². The van der Waals surface area contributed by atoms with E-state index in [1.807, 2.05) is 0 Å². The molecule has 0 aromatic carbocycles. The molecule has 1 N–H and O–H groups in total. The van der Waals surface area contributed by atoms with Gasteiger partial charge < -0.3 is 9.84 Å². The molecule has 70 valence electrons. The molecule has 0 aromatic rings. The summed E-state index contributed by atoms with van der Waals surface area (Å²) in [6.07, 6.45) is 7.60. The Bertz CT molecular complexity index is 289. The largest absolute Gasteiger partial charge is 0.488 e. The molecule has 13 heavy (non-hydrogen) atoms. The molecule has 0 saturated heterocycles. The molecule has 0 fully saturated rings. The molecule has 0 bridgehead atoms. The molecule has 1 unspecified atom stereocenters. The summed E-state index contributed by atoms with van der Waals surface area (Å²) < 4.78 is 5.13. The molecule has 3 nitrogen and oxygen atoms in total. The van der Waals surface area contributed by atoms with Gasteiger partial charge in [0.25, 0.3) is 0 Å². The van der Waals surface area contributed by atoms with Crippen LogP contribution in [0, 0.1) is 0 Å². The van der Waals surface area contributed by atoms with E-state index in [9.17, 15) is 4.79 Å². The molecule has 0 spiro atoms. The summed E-state index contributed by atoms with van der Waals surface area (Å²) in [5.74, 6) is -0.859. The van der Waals surface area contributed by atoms with Gasteiger partial charge in [0.2, 0.25) is 0 Å². The maximum Gasteiger partial charge on any atom is 0.338 e. The van der Waals surface area contributed by atoms with Crippen molar-refractivity contribution in [1.82, 2.24) is 0 Å². The fourth-order valence-electron chi connectivity index (χ4n) is 1.75. The summed E-state index contributed by atoms with van der Waals surface area (Å²) >= 11 is 0. The first kappa shape index (κ1) is 8.35. The molecule has 0 amide bonds. The monoisotopic (exact) mass is 180 g/mol. The van der Waals surface area contributed by atoms with Crippen LogP contribution in [0.4, 0.5) is 0 Å². The van der Waals surface area contributed by atoms with Crippen molar-refractivity contribution in [3.63, 3.8) is 0 Å². The maximum atomic E-state index is 10.7. The molecule has 0 radical (unpaired) electrons. The number of aliphatic carboxylic acids is 1. The Morgan fingerprint density at radius 3 is 2.85 bits per heavy atom. The molecule has 3 heteroatoms. The van der Waals surface area contributed by atoms with E-state index in [0.717, 1.165) is 24.8 Å². The van der Waals surface area contributed by atoms with Crippen LogP contribution in [0.2, 0.25) is 0 Å². The van der Waals surface area contributed by atoms with Crippen molar-refractivity contribution in [2.24, 2.45) is 0 Å². The zero-order valence-electron chi connectivity index (χ0n) is 7.32. The summed E-state index contributed by atoms with van der Waals surface area (Å²) in [5.41, 5.74) is 1.54. The highest BCUT2D eigenvalue weighted by atomic mass is 16.5. The van der Waals surface area contributed by atoms with Crippen molar-refractivity contribution < 1.29 is 14.6 Å². The van der Waals surface area contributed by atoms with Gasteiger partial charge in [-0.05, 0) is 31.3 Å². The van der Waals surface area contributed by atoms with E-state index in [0.29, 0.717) is 5.57 Å². The minimum Gasteiger partial charge on any atom is -0.488 e. The number of allylic oxidation sites excluding steroid dienone is 1. The first-order valence-corrected chi connectivity index (χ1v) is 4.57. The molecule has 0 aromatic heterocycles. The zero-order valence-corrected chi connectivity index (χ0v) is 7.32. The summed E-state index contributed by atoms with van der Waals surface area (Å²) in [7, 11) is 0. The van der Waals surface area contributed by atoms with Crippen molar-refractivity contribution >= 4 is 5.97 Å². The highest BCUT2D eigenvalue weighted by Crippen LogP contribution is 2.31. The van der Waals surface area contributed by atoms with E-state index < -0.39 is 5.97 Å². The molecule has 2 aliphatic rings. The van der Waals surface area contributed by atoms with Gasteiger partial charge >= 0.3 is 5.97 Å². The van der Waals surface area contributed by atoms with E-state index in [4.69, 9.17) is 9.84 Å². The van der Waals surface area contributed by atoms with Gasteiger partial charge in [-0.15, -0.1) is 0 Å². The first-order valence-electron chi connectivity index (χ1n) is 4.57. The Morgan fingerprint density at radius 2 is 2.38 bits per heavy atom. The molecular weight excluding hydrogens is 168 g/mol. The van der Waals surface area contributed by atoms with Crippen LogP contribution < -0.4 is 0 Å². The van der Waals surface area contributed by atoms with E-state index in [2.05, 4.69) is 6.08 Å². The molecule has 1 aliphatic carbocycles. The Morgan fingerprint density at radius 1 is 1.54 bits per heavy atom. The van der Waals surface area contributed by atoms with E-state index >= 15 is 0 Å². The minimum atomic E-state index is -0.859. The average molecular weight is 180 g/mol. The first-order chi connectivity index (χ1) is 6.29.